The molecule has 0 N–H and O–H groups in total. The van der Waals surface area contributed by atoms with E-state index < -0.39 is 0 Å². The van der Waals surface area contributed by atoms with Crippen LogP contribution in [-0.2, 0) is 0 Å². The highest BCUT2D eigenvalue weighted by molar-refractivity contribution is 7.13. The van der Waals surface area contributed by atoms with Gasteiger partial charge in [-0.1, -0.05) is 23.7 Å². The number of aryl methyl sites for hydroxylation is 2. The van der Waals surface area contributed by atoms with Crippen LogP contribution >= 0.6 is 22.9 Å². The summed E-state index contributed by atoms with van der Waals surface area (Å²) in [7, 11) is 0. The Hall–Kier alpha value is -0.860. The average Bonchev–Trinajstić information content (AvgIpc) is 2.57. The molecule has 2 aromatic rings. The third-order valence-corrected chi connectivity index (χ3v) is 3.44. The van der Waals surface area contributed by atoms with E-state index in [-0.39, 0.29) is 0 Å². The van der Waals surface area contributed by atoms with Gasteiger partial charge in [0.1, 0.15) is 10.2 Å². The smallest absolute Gasteiger partial charge is 0.140 e. The summed E-state index contributed by atoms with van der Waals surface area (Å²) in [6.07, 6.45) is 0. The van der Waals surface area contributed by atoms with E-state index in [1.54, 1.807) is 11.3 Å². The second kappa shape index (κ2) is 3.71. The molecular formula is C11H10ClNS. The van der Waals surface area contributed by atoms with Crippen molar-refractivity contribution in [3.05, 3.63) is 39.9 Å². The van der Waals surface area contributed by atoms with E-state index in [2.05, 4.69) is 37.0 Å². The molecule has 0 amide bonds. The molecule has 3 heteroatoms. The maximum atomic E-state index is 5.78. The third kappa shape index (κ3) is 1.81. The van der Waals surface area contributed by atoms with E-state index in [1.807, 2.05) is 5.38 Å². The predicted octanol–water partition coefficient (Wildman–Crippen LogP) is 4.08. The number of nitrogens with zero attached hydrogens (tertiary/aromatic N) is 1. The highest BCUT2D eigenvalue weighted by atomic mass is 35.5. The molecule has 0 aliphatic heterocycles. The van der Waals surface area contributed by atoms with Crippen molar-refractivity contribution in [2.75, 3.05) is 0 Å². The Labute approximate surface area is 92.4 Å². The first-order valence-electron chi connectivity index (χ1n) is 4.35. The van der Waals surface area contributed by atoms with Gasteiger partial charge in [0, 0.05) is 10.9 Å². The molecule has 1 nitrogen and oxygen atoms in total. The normalized spacial score (nSPS) is 10.5. The lowest BCUT2D eigenvalue weighted by molar-refractivity contribution is 1.33. The molecule has 0 saturated carbocycles. The van der Waals surface area contributed by atoms with E-state index in [0.717, 1.165) is 10.6 Å². The lowest BCUT2D eigenvalue weighted by Crippen LogP contribution is -1.82. The van der Waals surface area contributed by atoms with Gasteiger partial charge in [0.25, 0.3) is 0 Å². The molecule has 0 aliphatic carbocycles. The summed E-state index contributed by atoms with van der Waals surface area (Å²) in [4.78, 5) is 4.24. The molecule has 0 aliphatic rings. The fraction of sp³-hybridized carbons (Fsp3) is 0.182. The number of hydrogen-bond acceptors (Lipinski definition) is 2. The maximum Gasteiger partial charge on any atom is 0.140 e. The van der Waals surface area contributed by atoms with E-state index in [9.17, 15) is 0 Å². The van der Waals surface area contributed by atoms with Crippen LogP contribution in [-0.4, -0.2) is 4.98 Å². The van der Waals surface area contributed by atoms with Crippen molar-refractivity contribution in [1.29, 1.82) is 0 Å². The van der Waals surface area contributed by atoms with Gasteiger partial charge in [-0.05, 0) is 31.0 Å². The second-order valence-corrected chi connectivity index (χ2v) is 4.52. The zero-order valence-corrected chi connectivity index (χ0v) is 9.62. The van der Waals surface area contributed by atoms with Gasteiger partial charge in [-0.25, -0.2) is 4.98 Å². The number of aromatic nitrogens is 1. The summed E-state index contributed by atoms with van der Waals surface area (Å²) in [6.45, 7) is 4.21. The number of thiazole rings is 1. The highest BCUT2D eigenvalue weighted by Gasteiger charge is 2.03. The van der Waals surface area contributed by atoms with Crippen LogP contribution in [0.15, 0.2) is 23.6 Å². The minimum absolute atomic E-state index is 0.572. The van der Waals surface area contributed by atoms with Crippen molar-refractivity contribution < 1.29 is 0 Å². The van der Waals surface area contributed by atoms with Gasteiger partial charge in [-0.3, -0.25) is 0 Å². The number of rotatable bonds is 1. The van der Waals surface area contributed by atoms with Crippen molar-refractivity contribution in [2.24, 2.45) is 0 Å². The van der Waals surface area contributed by atoms with Gasteiger partial charge in [0.2, 0.25) is 0 Å². The Kier molecular flexibility index (Phi) is 2.57. The first kappa shape index (κ1) is 9.69. The molecule has 0 spiro atoms. The molecule has 14 heavy (non-hydrogen) atoms. The van der Waals surface area contributed by atoms with E-state index >= 15 is 0 Å². The highest BCUT2D eigenvalue weighted by Crippen LogP contribution is 2.27. The number of hydrogen-bond donors (Lipinski definition) is 0. The van der Waals surface area contributed by atoms with Crippen molar-refractivity contribution in [2.45, 2.75) is 13.8 Å². The lowest BCUT2D eigenvalue weighted by Gasteiger charge is -2.01. The van der Waals surface area contributed by atoms with Crippen molar-refractivity contribution in [3.8, 4) is 10.6 Å². The van der Waals surface area contributed by atoms with Gasteiger partial charge in [-0.2, -0.15) is 0 Å². The van der Waals surface area contributed by atoms with Crippen molar-refractivity contribution in [3.63, 3.8) is 0 Å². The molecule has 0 bridgehead atoms. The van der Waals surface area contributed by atoms with Crippen LogP contribution in [0.1, 0.15) is 11.1 Å². The third-order valence-electron chi connectivity index (χ3n) is 2.23. The molecular weight excluding hydrogens is 214 g/mol. The standard InChI is InChI=1S/C11H10ClNS/c1-7-3-4-9(5-8(7)2)11-13-10(12)6-14-11/h3-6H,1-2H3. The first-order valence-corrected chi connectivity index (χ1v) is 5.61. The quantitative estimate of drug-likeness (QED) is 0.710. The van der Waals surface area contributed by atoms with Crippen molar-refractivity contribution >= 4 is 22.9 Å². The molecule has 0 atom stereocenters. The van der Waals surface area contributed by atoms with Crippen LogP contribution in [0.5, 0.6) is 0 Å². The summed E-state index contributed by atoms with van der Waals surface area (Å²) >= 11 is 7.35. The Morgan fingerprint density at radius 2 is 2.00 bits per heavy atom. The fourth-order valence-electron chi connectivity index (χ4n) is 1.26. The molecule has 0 unspecified atom stereocenters. The Morgan fingerprint density at radius 1 is 1.21 bits per heavy atom. The predicted molar refractivity (Wildman–Crippen MR) is 62.0 cm³/mol. The molecule has 0 saturated heterocycles. The van der Waals surface area contributed by atoms with E-state index in [0.29, 0.717) is 5.15 Å². The zero-order valence-electron chi connectivity index (χ0n) is 8.04. The SMILES string of the molecule is Cc1ccc(-c2nc(Cl)cs2)cc1C. The van der Waals surface area contributed by atoms with Gasteiger partial charge in [0.05, 0.1) is 0 Å². The Bertz CT molecular complexity index is 462. The number of benzene rings is 1. The van der Waals surface area contributed by atoms with Crippen LogP contribution in [0.3, 0.4) is 0 Å². The fourth-order valence-corrected chi connectivity index (χ4v) is 2.21. The topological polar surface area (TPSA) is 12.9 Å². The molecule has 0 radical (unpaired) electrons. The van der Waals surface area contributed by atoms with Gasteiger partial charge in [-0.15, -0.1) is 11.3 Å². The van der Waals surface area contributed by atoms with Crippen LogP contribution in [0.2, 0.25) is 5.15 Å². The summed E-state index contributed by atoms with van der Waals surface area (Å²) < 4.78 is 0. The monoisotopic (exact) mass is 223 g/mol. The molecule has 1 aromatic carbocycles. The number of halogens is 1. The van der Waals surface area contributed by atoms with Gasteiger partial charge >= 0.3 is 0 Å². The van der Waals surface area contributed by atoms with Crippen LogP contribution < -0.4 is 0 Å². The lowest BCUT2D eigenvalue weighted by atomic mass is 10.1. The van der Waals surface area contributed by atoms with Gasteiger partial charge < -0.3 is 0 Å². The summed E-state index contributed by atoms with van der Waals surface area (Å²) in [6, 6.07) is 6.34. The van der Waals surface area contributed by atoms with Crippen LogP contribution in [0.4, 0.5) is 0 Å². The van der Waals surface area contributed by atoms with E-state index in [1.165, 1.54) is 11.1 Å². The molecule has 1 heterocycles. The molecule has 1 aromatic heterocycles. The van der Waals surface area contributed by atoms with Crippen molar-refractivity contribution in [1.82, 2.24) is 4.98 Å². The molecule has 2 rings (SSSR count). The first-order chi connectivity index (χ1) is 6.66. The van der Waals surface area contributed by atoms with E-state index in [4.69, 9.17) is 11.6 Å². The Balaban J connectivity index is 2.47. The van der Waals surface area contributed by atoms with Gasteiger partial charge in [0.15, 0.2) is 0 Å². The second-order valence-electron chi connectivity index (χ2n) is 3.27. The largest absolute Gasteiger partial charge is 0.224 e. The average molecular weight is 224 g/mol. The summed E-state index contributed by atoms with van der Waals surface area (Å²) in [5.41, 5.74) is 3.73. The summed E-state index contributed by atoms with van der Waals surface area (Å²) in [5, 5.41) is 3.41. The Morgan fingerprint density at radius 3 is 2.57 bits per heavy atom. The van der Waals surface area contributed by atoms with Crippen LogP contribution in [0.25, 0.3) is 10.6 Å². The molecule has 72 valence electrons. The zero-order chi connectivity index (χ0) is 10.1. The minimum Gasteiger partial charge on any atom is -0.224 e. The minimum atomic E-state index is 0.572. The molecule has 0 fully saturated rings. The maximum absolute atomic E-state index is 5.78. The van der Waals surface area contributed by atoms with Crippen LogP contribution in [0, 0.1) is 13.8 Å². The summed E-state index contributed by atoms with van der Waals surface area (Å²) in [5.74, 6) is 0.